The molecule has 6 nitrogen and oxygen atoms in total. The van der Waals surface area contributed by atoms with Crippen LogP contribution in [0.1, 0.15) is 44.7 Å². The first-order chi connectivity index (χ1) is 19.2. The molecule has 1 aliphatic rings. The second-order valence-electron chi connectivity index (χ2n) is 9.12. The normalized spacial score (nSPS) is 13.6. The summed E-state index contributed by atoms with van der Waals surface area (Å²) >= 11 is 19.5. The van der Waals surface area contributed by atoms with Crippen LogP contribution in [0.5, 0.6) is 0 Å². The fourth-order valence-corrected chi connectivity index (χ4v) is 5.35. The van der Waals surface area contributed by atoms with Gasteiger partial charge in [0, 0.05) is 52.7 Å². The largest absolute Gasteiger partial charge is 0.385 e. The van der Waals surface area contributed by atoms with Gasteiger partial charge in [0.25, 0.3) is 0 Å². The van der Waals surface area contributed by atoms with E-state index in [0.29, 0.717) is 22.4 Å². The fraction of sp³-hybridized carbons (Fsp3) is 0.367. The third-order valence-electron chi connectivity index (χ3n) is 6.27. The van der Waals surface area contributed by atoms with Crippen LogP contribution in [-0.2, 0) is 9.59 Å². The number of pyridine rings is 1. The molecule has 2 N–H and O–H groups in total. The number of carbonyl (C=O) groups is 2. The molecule has 1 amide bonds. The number of nitrogens with zero attached hydrogens (tertiary/aromatic N) is 2. The first kappa shape index (κ1) is 33.8. The van der Waals surface area contributed by atoms with Crippen LogP contribution < -0.4 is 15.5 Å². The van der Waals surface area contributed by atoms with Gasteiger partial charge >= 0.3 is 0 Å². The highest BCUT2D eigenvalue weighted by molar-refractivity contribution is 7.98. The summed E-state index contributed by atoms with van der Waals surface area (Å²) in [7, 11) is 1.93. The molecular weight excluding hydrogens is 587 g/mol. The maximum absolute atomic E-state index is 12.6. The van der Waals surface area contributed by atoms with Gasteiger partial charge in [-0.05, 0) is 74.8 Å². The highest BCUT2D eigenvalue weighted by Crippen LogP contribution is 2.32. The minimum atomic E-state index is -0.153. The number of aromatic nitrogens is 1. The van der Waals surface area contributed by atoms with E-state index >= 15 is 0 Å². The highest BCUT2D eigenvalue weighted by atomic mass is 35.5. The first-order valence-corrected chi connectivity index (χ1v) is 15.4. The van der Waals surface area contributed by atoms with Crippen molar-refractivity contribution in [2.24, 2.45) is 5.92 Å². The van der Waals surface area contributed by atoms with Crippen molar-refractivity contribution in [1.29, 1.82) is 0 Å². The number of hydrogen-bond donors (Lipinski definition) is 2. The van der Waals surface area contributed by atoms with E-state index in [0.717, 1.165) is 59.2 Å². The Balaban J connectivity index is 0.000000474. The van der Waals surface area contributed by atoms with E-state index < -0.39 is 0 Å². The quantitative estimate of drug-likeness (QED) is 0.204. The Kier molecular flexibility index (Phi) is 15.3. The molecule has 0 bridgehead atoms. The first-order valence-electron chi connectivity index (χ1n) is 13.0. The van der Waals surface area contributed by atoms with E-state index in [4.69, 9.17) is 39.6 Å². The number of carbonyl (C=O) groups excluding carboxylic acids is 2. The maximum atomic E-state index is 12.6. The van der Waals surface area contributed by atoms with Crippen LogP contribution in [0.2, 0.25) is 15.1 Å². The van der Waals surface area contributed by atoms with Crippen LogP contribution in [0, 0.1) is 5.92 Å². The molecule has 1 aromatic heterocycles. The van der Waals surface area contributed by atoms with Gasteiger partial charge in [0.05, 0.1) is 11.7 Å². The zero-order chi connectivity index (χ0) is 29.5. The molecule has 1 aliphatic heterocycles. The van der Waals surface area contributed by atoms with Crippen LogP contribution in [0.4, 0.5) is 11.5 Å². The van der Waals surface area contributed by atoms with Crippen LogP contribution in [-0.4, -0.2) is 43.6 Å². The van der Waals surface area contributed by atoms with Crippen molar-refractivity contribution in [2.45, 2.75) is 44.0 Å². The minimum Gasteiger partial charge on any atom is -0.385 e. The third kappa shape index (κ3) is 11.2. The van der Waals surface area contributed by atoms with Crippen molar-refractivity contribution in [1.82, 2.24) is 10.3 Å². The lowest BCUT2D eigenvalue weighted by molar-refractivity contribution is -0.122. The molecule has 2 heterocycles. The number of amides is 1. The summed E-state index contributed by atoms with van der Waals surface area (Å²) in [6.45, 7) is 5.19. The van der Waals surface area contributed by atoms with Gasteiger partial charge in [-0.3, -0.25) is 4.79 Å². The summed E-state index contributed by atoms with van der Waals surface area (Å²) in [5, 5.41) is 8.29. The molecule has 216 valence electrons. The average molecular weight is 624 g/mol. The molecule has 0 spiro atoms. The fourth-order valence-electron chi connectivity index (χ4n) is 4.24. The molecule has 0 saturated carbocycles. The Morgan fingerprint density at radius 1 is 1.10 bits per heavy atom. The Morgan fingerprint density at radius 2 is 1.75 bits per heavy atom. The molecular formula is C30H37Cl3N4O2S. The van der Waals surface area contributed by atoms with E-state index in [1.165, 1.54) is 6.92 Å². The van der Waals surface area contributed by atoms with Crippen LogP contribution >= 0.6 is 46.6 Å². The lowest BCUT2D eigenvalue weighted by atomic mass is 9.93. The molecule has 0 aliphatic carbocycles. The standard InChI is InChI=1S/C22H28Cl2N4OS.C6H5Cl.C2H4O/c1-14(18-5-4-16(23)11-19(18)24)27-21(29)10-15-6-8-28(9-7-15)22-20(25-2)12-17(30-3)13-26-22;7-6-4-2-1-3-5-6;1-2-3/h4-5,11-15,25H,6-10H2,1-3H3,(H,27,29);1-5H;2H,1H3. The maximum Gasteiger partial charge on any atom is 0.220 e. The Hall–Kier alpha value is -2.45. The van der Waals surface area contributed by atoms with Gasteiger partial charge in [0.1, 0.15) is 6.29 Å². The third-order valence-corrected chi connectivity index (χ3v) is 7.78. The van der Waals surface area contributed by atoms with Gasteiger partial charge in [-0.2, -0.15) is 0 Å². The topological polar surface area (TPSA) is 74.3 Å². The van der Waals surface area contributed by atoms with E-state index in [9.17, 15) is 4.79 Å². The van der Waals surface area contributed by atoms with Crippen molar-refractivity contribution in [3.63, 3.8) is 0 Å². The van der Waals surface area contributed by atoms with Crippen LogP contribution in [0.15, 0.2) is 65.7 Å². The second-order valence-corrected chi connectivity index (χ2v) is 11.3. The smallest absolute Gasteiger partial charge is 0.220 e. The number of rotatable bonds is 7. The van der Waals surface area contributed by atoms with E-state index in [1.54, 1.807) is 23.9 Å². The minimum absolute atomic E-state index is 0.0605. The van der Waals surface area contributed by atoms with Crippen molar-refractivity contribution >= 4 is 70.3 Å². The summed E-state index contributed by atoms with van der Waals surface area (Å²) in [5.41, 5.74) is 1.93. The summed E-state index contributed by atoms with van der Waals surface area (Å²) in [4.78, 5) is 29.5. The molecule has 4 rings (SSSR count). The number of thioether (sulfide) groups is 1. The Labute approximate surface area is 257 Å². The highest BCUT2D eigenvalue weighted by Gasteiger charge is 2.24. The second kappa shape index (κ2) is 18.1. The number of piperidine rings is 1. The number of anilines is 2. The summed E-state index contributed by atoms with van der Waals surface area (Å²) in [6, 6.07) is 16.8. The molecule has 2 aromatic carbocycles. The summed E-state index contributed by atoms with van der Waals surface area (Å²) in [6.07, 6.45) is 7.19. The monoisotopic (exact) mass is 622 g/mol. The lowest BCUT2D eigenvalue weighted by Gasteiger charge is -2.33. The van der Waals surface area contributed by atoms with Gasteiger partial charge < -0.3 is 20.3 Å². The van der Waals surface area contributed by atoms with E-state index in [1.807, 2.05) is 56.6 Å². The molecule has 40 heavy (non-hydrogen) atoms. The van der Waals surface area contributed by atoms with Crippen molar-refractivity contribution < 1.29 is 9.59 Å². The molecule has 1 fully saturated rings. The average Bonchev–Trinajstić information content (AvgIpc) is 2.94. The van der Waals surface area contributed by atoms with Crippen LogP contribution in [0.3, 0.4) is 0 Å². The molecule has 10 heteroatoms. The molecule has 0 radical (unpaired) electrons. The Bertz CT molecular complexity index is 1210. The van der Waals surface area contributed by atoms with Crippen molar-refractivity contribution in [2.75, 3.05) is 36.6 Å². The van der Waals surface area contributed by atoms with E-state index in [-0.39, 0.29) is 11.9 Å². The number of aldehydes is 1. The van der Waals surface area contributed by atoms with Gasteiger partial charge in [0.2, 0.25) is 5.91 Å². The zero-order valence-electron chi connectivity index (χ0n) is 23.3. The molecule has 3 aromatic rings. The lowest BCUT2D eigenvalue weighted by Crippen LogP contribution is -2.37. The SMILES string of the molecule is CC=O.CNc1cc(SC)cnc1N1CCC(CC(=O)NC(C)c2ccc(Cl)cc2Cl)CC1.Clc1ccccc1. The van der Waals surface area contributed by atoms with Gasteiger partial charge in [-0.1, -0.05) is 59.1 Å². The number of benzene rings is 2. The number of halogens is 3. The predicted octanol–water partition coefficient (Wildman–Crippen LogP) is 8.18. The van der Waals surface area contributed by atoms with Crippen LogP contribution in [0.25, 0.3) is 0 Å². The molecule has 1 atom stereocenters. The summed E-state index contributed by atoms with van der Waals surface area (Å²) in [5.74, 6) is 1.42. The summed E-state index contributed by atoms with van der Waals surface area (Å²) < 4.78 is 0. The van der Waals surface area contributed by atoms with Gasteiger partial charge in [-0.25, -0.2) is 4.98 Å². The molecule has 1 saturated heterocycles. The van der Waals surface area contributed by atoms with Gasteiger partial charge in [-0.15, -0.1) is 11.8 Å². The van der Waals surface area contributed by atoms with E-state index in [2.05, 4.69) is 32.8 Å². The predicted molar refractivity (Wildman–Crippen MR) is 171 cm³/mol. The molecule has 1 unspecified atom stereocenters. The van der Waals surface area contributed by atoms with Crippen molar-refractivity contribution in [3.8, 4) is 0 Å². The zero-order valence-corrected chi connectivity index (χ0v) is 26.4. The number of hydrogen-bond acceptors (Lipinski definition) is 6. The van der Waals surface area contributed by atoms with Crippen molar-refractivity contribution in [3.05, 3.63) is 81.4 Å². The van der Waals surface area contributed by atoms with Gasteiger partial charge in [0.15, 0.2) is 5.82 Å². The Morgan fingerprint density at radius 3 is 2.27 bits per heavy atom. The number of nitrogens with one attached hydrogen (secondary N) is 2.